The third-order valence-electron chi connectivity index (χ3n) is 2.66. The Kier molecular flexibility index (Phi) is 3.86. The van der Waals surface area contributed by atoms with Crippen LogP contribution in [0.2, 0.25) is 0 Å². The Morgan fingerprint density at radius 1 is 1.22 bits per heavy atom. The lowest BCUT2D eigenvalue weighted by Crippen LogP contribution is -2.13. The van der Waals surface area contributed by atoms with Crippen molar-refractivity contribution >= 4 is 39.9 Å². The minimum atomic E-state index is -0.147. The first-order chi connectivity index (χ1) is 8.58. The summed E-state index contributed by atoms with van der Waals surface area (Å²) in [7, 11) is 0. The zero-order valence-electron chi connectivity index (χ0n) is 9.91. The van der Waals surface area contributed by atoms with Gasteiger partial charge in [-0.05, 0) is 59.3 Å². The average molecular weight is 352 g/mol. The molecular formula is C14H13IN2O. The van der Waals surface area contributed by atoms with E-state index in [1.54, 1.807) is 12.1 Å². The molecule has 0 spiro atoms. The van der Waals surface area contributed by atoms with Gasteiger partial charge in [0.2, 0.25) is 0 Å². The largest absolute Gasteiger partial charge is 0.398 e. The van der Waals surface area contributed by atoms with Crippen LogP contribution in [0.4, 0.5) is 11.4 Å². The molecule has 0 aromatic heterocycles. The summed E-state index contributed by atoms with van der Waals surface area (Å²) in [5.74, 6) is -0.147. The van der Waals surface area contributed by atoms with Crippen molar-refractivity contribution in [3.63, 3.8) is 0 Å². The Bertz CT molecular complexity index is 596. The van der Waals surface area contributed by atoms with Crippen molar-refractivity contribution in [1.29, 1.82) is 0 Å². The first-order valence-electron chi connectivity index (χ1n) is 5.50. The number of carbonyl (C=O) groups excluding carboxylic acids is 1. The van der Waals surface area contributed by atoms with Gasteiger partial charge in [0.25, 0.3) is 5.91 Å². The van der Waals surface area contributed by atoms with Gasteiger partial charge in [-0.3, -0.25) is 4.79 Å². The monoisotopic (exact) mass is 352 g/mol. The lowest BCUT2D eigenvalue weighted by molar-refractivity contribution is 0.102. The van der Waals surface area contributed by atoms with Gasteiger partial charge in [-0.1, -0.05) is 18.2 Å². The highest BCUT2D eigenvalue weighted by Gasteiger charge is 2.08. The van der Waals surface area contributed by atoms with E-state index in [2.05, 4.69) is 27.9 Å². The maximum atomic E-state index is 12.1. The highest BCUT2D eigenvalue weighted by molar-refractivity contribution is 14.1. The number of aryl methyl sites for hydroxylation is 1. The van der Waals surface area contributed by atoms with Gasteiger partial charge in [0.05, 0.1) is 5.69 Å². The summed E-state index contributed by atoms with van der Waals surface area (Å²) in [5, 5.41) is 2.87. The topological polar surface area (TPSA) is 55.1 Å². The molecule has 0 aliphatic carbocycles. The zero-order chi connectivity index (χ0) is 13.1. The van der Waals surface area contributed by atoms with Crippen LogP contribution >= 0.6 is 22.6 Å². The molecule has 0 radical (unpaired) electrons. The number of amides is 1. The van der Waals surface area contributed by atoms with Gasteiger partial charge in [-0.25, -0.2) is 0 Å². The number of anilines is 2. The van der Waals surface area contributed by atoms with Crippen molar-refractivity contribution in [2.24, 2.45) is 0 Å². The van der Waals surface area contributed by atoms with Crippen LogP contribution < -0.4 is 11.1 Å². The van der Waals surface area contributed by atoms with Crippen LogP contribution in [-0.2, 0) is 0 Å². The van der Waals surface area contributed by atoms with Gasteiger partial charge in [0.1, 0.15) is 0 Å². The summed E-state index contributed by atoms with van der Waals surface area (Å²) in [5.41, 5.74) is 8.78. The van der Waals surface area contributed by atoms with Gasteiger partial charge in [-0.15, -0.1) is 0 Å². The zero-order valence-corrected chi connectivity index (χ0v) is 12.1. The van der Waals surface area contributed by atoms with Gasteiger partial charge in [0.15, 0.2) is 0 Å². The smallest absolute Gasteiger partial charge is 0.255 e. The number of rotatable bonds is 2. The fourth-order valence-corrected chi connectivity index (χ4v) is 2.06. The molecule has 92 valence electrons. The molecule has 4 heteroatoms. The average Bonchev–Trinajstić information content (AvgIpc) is 2.35. The van der Waals surface area contributed by atoms with Crippen molar-refractivity contribution in [3.05, 3.63) is 57.2 Å². The number of hydrogen-bond acceptors (Lipinski definition) is 2. The number of benzene rings is 2. The fraction of sp³-hybridized carbons (Fsp3) is 0.0714. The molecule has 0 aliphatic rings. The molecule has 2 aromatic rings. The van der Waals surface area contributed by atoms with Crippen molar-refractivity contribution in [3.8, 4) is 0 Å². The van der Waals surface area contributed by atoms with E-state index in [-0.39, 0.29) is 5.91 Å². The van der Waals surface area contributed by atoms with Crippen molar-refractivity contribution in [2.45, 2.75) is 6.92 Å². The van der Waals surface area contributed by atoms with E-state index in [1.807, 2.05) is 37.3 Å². The molecule has 0 unspecified atom stereocenters. The van der Waals surface area contributed by atoms with Crippen LogP contribution in [-0.4, -0.2) is 5.91 Å². The van der Waals surface area contributed by atoms with Crippen LogP contribution in [0.1, 0.15) is 15.9 Å². The van der Waals surface area contributed by atoms with E-state index in [9.17, 15) is 4.79 Å². The summed E-state index contributed by atoms with van der Waals surface area (Å²) in [6.45, 7) is 1.91. The second-order valence-electron chi connectivity index (χ2n) is 4.01. The van der Waals surface area contributed by atoms with Crippen LogP contribution in [0.25, 0.3) is 0 Å². The number of hydrogen-bond donors (Lipinski definition) is 2. The minimum Gasteiger partial charge on any atom is -0.398 e. The standard InChI is InChI=1S/C14H13IN2O/c1-9-6-7-10(8-12(9)16)14(18)17-13-5-3-2-4-11(13)15/h2-8H,16H2,1H3,(H,17,18). The Hall–Kier alpha value is -1.56. The first-order valence-corrected chi connectivity index (χ1v) is 6.58. The Morgan fingerprint density at radius 3 is 2.61 bits per heavy atom. The van der Waals surface area contributed by atoms with E-state index in [0.717, 1.165) is 14.8 Å². The Labute approximate surface area is 120 Å². The van der Waals surface area contributed by atoms with Crippen LogP contribution in [0.5, 0.6) is 0 Å². The number of carbonyl (C=O) groups is 1. The first kappa shape index (κ1) is 12.9. The number of nitrogen functional groups attached to an aromatic ring is 1. The molecule has 3 nitrogen and oxygen atoms in total. The summed E-state index contributed by atoms with van der Waals surface area (Å²) < 4.78 is 1.00. The molecular weight excluding hydrogens is 339 g/mol. The van der Waals surface area contributed by atoms with Crippen molar-refractivity contribution < 1.29 is 4.79 Å². The van der Waals surface area contributed by atoms with Gasteiger partial charge in [0, 0.05) is 14.8 Å². The normalized spacial score (nSPS) is 10.1. The minimum absolute atomic E-state index is 0.147. The van der Waals surface area contributed by atoms with Gasteiger partial charge in [-0.2, -0.15) is 0 Å². The fourth-order valence-electron chi connectivity index (χ4n) is 1.54. The molecule has 3 N–H and O–H groups in total. The Balaban J connectivity index is 2.22. The maximum absolute atomic E-state index is 12.1. The van der Waals surface area contributed by atoms with Crippen molar-refractivity contribution in [1.82, 2.24) is 0 Å². The van der Waals surface area contributed by atoms with E-state index >= 15 is 0 Å². The predicted molar refractivity (Wildman–Crippen MR) is 82.7 cm³/mol. The van der Waals surface area contributed by atoms with Gasteiger partial charge < -0.3 is 11.1 Å². The molecule has 2 aromatic carbocycles. The van der Waals surface area contributed by atoms with E-state index in [0.29, 0.717) is 11.3 Å². The van der Waals surface area contributed by atoms with Crippen molar-refractivity contribution in [2.75, 3.05) is 11.1 Å². The number of halogens is 1. The van der Waals surface area contributed by atoms with Gasteiger partial charge >= 0.3 is 0 Å². The third kappa shape index (κ3) is 2.81. The molecule has 0 fully saturated rings. The van der Waals surface area contributed by atoms with E-state index in [4.69, 9.17) is 5.73 Å². The molecule has 0 atom stereocenters. The highest BCUT2D eigenvalue weighted by Crippen LogP contribution is 2.19. The van der Waals surface area contributed by atoms with Crippen LogP contribution in [0, 0.1) is 10.5 Å². The lowest BCUT2D eigenvalue weighted by Gasteiger charge is -2.08. The summed E-state index contributed by atoms with van der Waals surface area (Å²) in [6, 6.07) is 13.0. The predicted octanol–water partition coefficient (Wildman–Crippen LogP) is 3.43. The van der Waals surface area contributed by atoms with Crippen LogP contribution in [0.3, 0.4) is 0 Å². The number of nitrogens with one attached hydrogen (secondary N) is 1. The molecule has 18 heavy (non-hydrogen) atoms. The molecule has 0 saturated carbocycles. The summed E-state index contributed by atoms with van der Waals surface area (Å²) in [4.78, 5) is 12.1. The molecule has 0 bridgehead atoms. The molecule has 0 heterocycles. The summed E-state index contributed by atoms with van der Waals surface area (Å²) >= 11 is 2.19. The SMILES string of the molecule is Cc1ccc(C(=O)Nc2ccccc2I)cc1N. The van der Waals surface area contributed by atoms with E-state index < -0.39 is 0 Å². The molecule has 0 aliphatic heterocycles. The second-order valence-corrected chi connectivity index (χ2v) is 5.17. The summed E-state index contributed by atoms with van der Waals surface area (Å²) in [6.07, 6.45) is 0. The molecule has 1 amide bonds. The molecule has 0 saturated heterocycles. The molecule has 2 rings (SSSR count). The van der Waals surface area contributed by atoms with Crippen LogP contribution in [0.15, 0.2) is 42.5 Å². The maximum Gasteiger partial charge on any atom is 0.255 e. The third-order valence-corrected chi connectivity index (χ3v) is 3.60. The quantitative estimate of drug-likeness (QED) is 0.643. The highest BCUT2D eigenvalue weighted by atomic mass is 127. The second kappa shape index (κ2) is 5.39. The van der Waals surface area contributed by atoms with E-state index in [1.165, 1.54) is 0 Å². The Morgan fingerprint density at radius 2 is 1.94 bits per heavy atom. The lowest BCUT2D eigenvalue weighted by atomic mass is 10.1. The number of nitrogens with two attached hydrogens (primary N) is 1. The number of para-hydroxylation sites is 1.